The van der Waals surface area contributed by atoms with Crippen molar-refractivity contribution in [3.8, 4) is 45.3 Å². The first-order valence-corrected chi connectivity index (χ1v) is 14.5. The Morgan fingerprint density at radius 3 is 1.66 bits per heavy atom. The lowest BCUT2D eigenvalue weighted by Crippen LogP contribution is -2.00. The van der Waals surface area contributed by atoms with Gasteiger partial charge in [-0.3, -0.25) is 0 Å². The van der Waals surface area contributed by atoms with Gasteiger partial charge in [0, 0.05) is 32.7 Å². The van der Waals surface area contributed by atoms with Gasteiger partial charge in [0.15, 0.2) is 17.5 Å². The monoisotopic (exact) mass is 565 g/mol. The minimum atomic E-state index is 0.546. The molecule has 44 heavy (non-hydrogen) atoms. The Hall–Kier alpha value is -6.07. The maximum Gasteiger partial charge on any atom is 0.167 e. The zero-order chi connectivity index (χ0) is 29.0. The molecule has 9 aromatic rings. The van der Waals surface area contributed by atoms with E-state index < -0.39 is 0 Å². The van der Waals surface area contributed by atoms with Crippen LogP contribution in [0.25, 0.3) is 89.2 Å². The van der Waals surface area contributed by atoms with Gasteiger partial charge in [-0.1, -0.05) is 115 Å². The molecule has 0 aliphatic carbocycles. The van der Waals surface area contributed by atoms with Crippen LogP contribution in [-0.2, 0) is 0 Å². The molecule has 3 heterocycles. The fourth-order valence-electron chi connectivity index (χ4n) is 6.18. The molecule has 5 heteroatoms. The van der Waals surface area contributed by atoms with E-state index in [0.29, 0.717) is 17.5 Å². The van der Waals surface area contributed by atoms with E-state index in [-0.39, 0.29) is 0 Å². The Balaban J connectivity index is 1.32. The average molecular weight is 566 g/mol. The summed E-state index contributed by atoms with van der Waals surface area (Å²) in [7, 11) is 0. The number of aromatic nitrogens is 3. The van der Waals surface area contributed by atoms with Gasteiger partial charge in [-0.05, 0) is 35.4 Å². The molecule has 0 bridgehead atoms. The van der Waals surface area contributed by atoms with Gasteiger partial charge in [0.05, 0.1) is 5.56 Å². The van der Waals surface area contributed by atoms with E-state index in [0.717, 1.165) is 71.7 Å². The van der Waals surface area contributed by atoms with Crippen molar-refractivity contribution in [3.63, 3.8) is 0 Å². The fourth-order valence-corrected chi connectivity index (χ4v) is 6.18. The first kappa shape index (κ1) is 24.5. The van der Waals surface area contributed by atoms with Crippen molar-refractivity contribution in [2.24, 2.45) is 0 Å². The minimum Gasteiger partial charge on any atom is -0.456 e. The Kier molecular flexibility index (Phi) is 5.43. The Bertz CT molecular complexity index is 2500. The number of hydrogen-bond donors (Lipinski definition) is 0. The molecule has 0 aliphatic rings. The van der Waals surface area contributed by atoms with Crippen LogP contribution in [0, 0.1) is 0 Å². The molecule has 0 aliphatic heterocycles. The maximum absolute atomic E-state index is 6.59. The van der Waals surface area contributed by atoms with Crippen molar-refractivity contribution in [2.75, 3.05) is 0 Å². The van der Waals surface area contributed by atoms with Gasteiger partial charge in [-0.15, -0.1) is 0 Å². The first-order chi connectivity index (χ1) is 21.8. The van der Waals surface area contributed by atoms with E-state index in [4.69, 9.17) is 23.8 Å². The van der Waals surface area contributed by atoms with E-state index in [2.05, 4.69) is 42.5 Å². The number of rotatable bonds is 4. The molecule has 9 rings (SSSR count). The van der Waals surface area contributed by atoms with Crippen LogP contribution >= 0.6 is 0 Å². The summed E-state index contributed by atoms with van der Waals surface area (Å²) in [5.41, 5.74) is 8.05. The third kappa shape index (κ3) is 3.83. The van der Waals surface area contributed by atoms with E-state index in [1.54, 1.807) is 0 Å². The van der Waals surface area contributed by atoms with Gasteiger partial charge in [0.25, 0.3) is 0 Å². The molecule has 0 spiro atoms. The van der Waals surface area contributed by atoms with Gasteiger partial charge < -0.3 is 8.83 Å². The normalized spacial score (nSPS) is 11.6. The summed E-state index contributed by atoms with van der Waals surface area (Å²) < 4.78 is 12.8. The van der Waals surface area contributed by atoms with Crippen molar-refractivity contribution in [1.82, 2.24) is 15.0 Å². The SMILES string of the molecule is c1ccc(-c2nc(-c3cccc4c3oc3cccc(-c5ccccc5)c34)nc(-c3cccc4oc5ccccc5c34)n2)cc1. The summed E-state index contributed by atoms with van der Waals surface area (Å²) in [5, 5.41) is 4.09. The van der Waals surface area contributed by atoms with Crippen LogP contribution in [0.1, 0.15) is 0 Å². The third-order valence-electron chi connectivity index (χ3n) is 8.16. The molecule has 0 radical (unpaired) electrons. The van der Waals surface area contributed by atoms with E-state index in [1.165, 1.54) is 0 Å². The molecule has 5 nitrogen and oxygen atoms in total. The summed E-state index contributed by atoms with van der Waals surface area (Å²) in [6, 6.07) is 46.9. The lowest BCUT2D eigenvalue weighted by atomic mass is 9.99. The molecule has 0 fully saturated rings. The van der Waals surface area contributed by atoms with Gasteiger partial charge in [-0.25, -0.2) is 15.0 Å². The third-order valence-corrected chi connectivity index (χ3v) is 8.16. The summed E-state index contributed by atoms with van der Waals surface area (Å²) in [5.74, 6) is 1.71. The standard InChI is InChI=1S/C39H23N3O2/c1-3-12-24(13-4-1)26-17-10-23-33-34(26)28-18-9-20-30(36(28)44-33)39-41-37(25-14-5-2-6-15-25)40-38(42-39)29-19-11-22-32-35(29)27-16-7-8-21-31(27)43-32/h1-23H. The zero-order valence-electron chi connectivity index (χ0n) is 23.4. The van der Waals surface area contributed by atoms with Crippen molar-refractivity contribution in [1.29, 1.82) is 0 Å². The summed E-state index contributed by atoms with van der Waals surface area (Å²) in [4.78, 5) is 15.2. The van der Waals surface area contributed by atoms with Crippen molar-refractivity contribution >= 4 is 43.9 Å². The Morgan fingerprint density at radius 1 is 0.341 bits per heavy atom. The van der Waals surface area contributed by atoms with E-state index in [9.17, 15) is 0 Å². The highest BCUT2D eigenvalue weighted by Crippen LogP contribution is 2.41. The van der Waals surface area contributed by atoms with E-state index >= 15 is 0 Å². The molecular weight excluding hydrogens is 542 g/mol. The Labute approximate surface area is 252 Å². The largest absolute Gasteiger partial charge is 0.456 e. The summed E-state index contributed by atoms with van der Waals surface area (Å²) in [6.45, 7) is 0. The smallest absolute Gasteiger partial charge is 0.167 e. The molecule has 6 aromatic carbocycles. The lowest BCUT2D eigenvalue weighted by molar-refractivity contribution is 0.668. The molecule has 0 atom stereocenters. The molecular formula is C39H23N3O2. The van der Waals surface area contributed by atoms with E-state index in [1.807, 2.05) is 97.1 Å². The first-order valence-electron chi connectivity index (χ1n) is 14.5. The van der Waals surface area contributed by atoms with Crippen LogP contribution in [-0.4, -0.2) is 15.0 Å². The highest BCUT2D eigenvalue weighted by molar-refractivity contribution is 6.15. The second-order valence-corrected chi connectivity index (χ2v) is 10.8. The van der Waals surface area contributed by atoms with Gasteiger partial charge >= 0.3 is 0 Å². The van der Waals surface area contributed by atoms with Gasteiger partial charge in [0.1, 0.15) is 22.3 Å². The maximum atomic E-state index is 6.59. The van der Waals surface area contributed by atoms with Crippen LogP contribution in [0.4, 0.5) is 0 Å². The molecule has 0 amide bonds. The van der Waals surface area contributed by atoms with Crippen molar-refractivity contribution < 1.29 is 8.83 Å². The highest BCUT2D eigenvalue weighted by atomic mass is 16.3. The number of hydrogen-bond acceptors (Lipinski definition) is 5. The quantitative estimate of drug-likeness (QED) is 0.212. The molecule has 0 N–H and O–H groups in total. The number of furan rings is 2. The number of benzene rings is 6. The average Bonchev–Trinajstić information content (AvgIpc) is 3.67. The van der Waals surface area contributed by atoms with Crippen LogP contribution in [0.5, 0.6) is 0 Å². The Morgan fingerprint density at radius 2 is 0.864 bits per heavy atom. The molecule has 0 unspecified atom stereocenters. The van der Waals surface area contributed by atoms with Crippen molar-refractivity contribution in [2.45, 2.75) is 0 Å². The minimum absolute atomic E-state index is 0.546. The molecule has 0 saturated carbocycles. The van der Waals surface area contributed by atoms with Gasteiger partial charge in [0.2, 0.25) is 0 Å². The molecule has 206 valence electrons. The van der Waals surface area contributed by atoms with Crippen molar-refractivity contribution in [3.05, 3.63) is 140 Å². The lowest BCUT2D eigenvalue weighted by Gasteiger charge is -2.09. The topological polar surface area (TPSA) is 65.0 Å². The summed E-state index contributed by atoms with van der Waals surface area (Å²) in [6.07, 6.45) is 0. The second-order valence-electron chi connectivity index (χ2n) is 10.8. The van der Waals surface area contributed by atoms with Crippen LogP contribution in [0.2, 0.25) is 0 Å². The number of para-hydroxylation sites is 2. The predicted molar refractivity (Wildman–Crippen MR) is 176 cm³/mol. The number of nitrogens with zero attached hydrogens (tertiary/aromatic N) is 3. The number of fused-ring (bicyclic) bond motifs is 6. The highest BCUT2D eigenvalue weighted by Gasteiger charge is 2.21. The molecule has 3 aromatic heterocycles. The van der Waals surface area contributed by atoms with Crippen LogP contribution in [0.3, 0.4) is 0 Å². The van der Waals surface area contributed by atoms with Gasteiger partial charge in [-0.2, -0.15) is 0 Å². The fraction of sp³-hybridized carbons (Fsp3) is 0. The molecule has 0 saturated heterocycles. The second kappa shape index (κ2) is 9.75. The summed E-state index contributed by atoms with van der Waals surface area (Å²) >= 11 is 0. The predicted octanol–water partition coefficient (Wildman–Crippen LogP) is 10.3. The van der Waals surface area contributed by atoms with Crippen LogP contribution < -0.4 is 0 Å². The van der Waals surface area contributed by atoms with Crippen LogP contribution in [0.15, 0.2) is 148 Å². The zero-order valence-corrected chi connectivity index (χ0v) is 23.4.